The largest absolute Gasteiger partial charge is 0.481 e. The molecule has 0 aliphatic heterocycles. The number of benzene rings is 3. The molecule has 0 fully saturated rings. The topological polar surface area (TPSA) is 57.6 Å². The first-order chi connectivity index (χ1) is 14.6. The fourth-order valence-corrected chi connectivity index (χ4v) is 3.83. The van der Waals surface area contributed by atoms with Crippen LogP contribution in [-0.4, -0.2) is 23.5 Å². The predicted octanol–water partition coefficient (Wildman–Crippen LogP) is 5.60. The number of amides is 1. The minimum atomic E-state index is -0.837. The third-order valence-corrected chi connectivity index (χ3v) is 5.31. The number of carbonyl (C=O) groups is 2. The second kappa shape index (κ2) is 9.88. The number of anilines is 1. The monoisotopic (exact) mass is 401 g/mol. The van der Waals surface area contributed by atoms with Gasteiger partial charge >= 0.3 is 5.97 Å². The number of carboxylic acids is 1. The average molecular weight is 402 g/mol. The van der Waals surface area contributed by atoms with Gasteiger partial charge in [0, 0.05) is 24.2 Å². The molecule has 0 aliphatic rings. The summed E-state index contributed by atoms with van der Waals surface area (Å²) in [6.45, 7) is 4.49. The predicted molar refractivity (Wildman–Crippen MR) is 121 cm³/mol. The van der Waals surface area contributed by atoms with E-state index in [4.69, 9.17) is 0 Å². The smallest absolute Gasteiger partial charge is 0.303 e. The summed E-state index contributed by atoms with van der Waals surface area (Å²) in [5.41, 5.74) is 5.33. The summed E-state index contributed by atoms with van der Waals surface area (Å²) in [4.78, 5) is 26.6. The van der Waals surface area contributed by atoms with Crippen molar-refractivity contribution >= 4 is 17.6 Å². The molecule has 1 amide bonds. The summed E-state index contributed by atoms with van der Waals surface area (Å²) in [5.74, 6) is -0.919. The highest BCUT2D eigenvalue weighted by Gasteiger charge is 2.23. The van der Waals surface area contributed by atoms with E-state index in [0.717, 1.165) is 34.4 Å². The standard InChI is InChI=1S/C26H27NO3/c1-3-19-13-10-16-24(22(19)17-18-25(28)29)27(4-2)26(30)23-15-9-8-14-21(23)20-11-6-5-7-12-20/h5-16H,3-4,17-18H2,1-2H3,(H,28,29). The zero-order valence-corrected chi connectivity index (χ0v) is 17.5. The highest BCUT2D eigenvalue weighted by Crippen LogP contribution is 2.30. The van der Waals surface area contributed by atoms with E-state index < -0.39 is 5.97 Å². The molecule has 3 aromatic carbocycles. The van der Waals surface area contributed by atoms with Crippen molar-refractivity contribution in [2.45, 2.75) is 33.1 Å². The second-order valence-electron chi connectivity index (χ2n) is 7.12. The maximum Gasteiger partial charge on any atom is 0.303 e. The van der Waals surface area contributed by atoms with Crippen molar-refractivity contribution < 1.29 is 14.7 Å². The van der Waals surface area contributed by atoms with Crippen LogP contribution in [0.2, 0.25) is 0 Å². The van der Waals surface area contributed by atoms with Crippen molar-refractivity contribution in [3.63, 3.8) is 0 Å². The van der Waals surface area contributed by atoms with Gasteiger partial charge in [0.1, 0.15) is 0 Å². The molecule has 1 N–H and O–H groups in total. The SMILES string of the molecule is CCc1cccc(N(CC)C(=O)c2ccccc2-c2ccccc2)c1CCC(=O)O. The Labute approximate surface area is 177 Å². The third kappa shape index (κ3) is 4.60. The van der Waals surface area contributed by atoms with Crippen molar-refractivity contribution in [3.8, 4) is 11.1 Å². The van der Waals surface area contributed by atoms with E-state index in [9.17, 15) is 14.7 Å². The Hall–Kier alpha value is -3.40. The van der Waals surface area contributed by atoms with Gasteiger partial charge in [-0.05, 0) is 54.2 Å². The number of rotatable bonds is 8. The molecule has 0 heterocycles. The molecule has 0 saturated carbocycles. The van der Waals surface area contributed by atoms with Crippen LogP contribution in [0.5, 0.6) is 0 Å². The lowest BCUT2D eigenvalue weighted by Crippen LogP contribution is -2.32. The summed E-state index contributed by atoms with van der Waals surface area (Å²) >= 11 is 0. The number of carbonyl (C=O) groups excluding carboxylic acids is 1. The van der Waals surface area contributed by atoms with E-state index in [1.165, 1.54) is 0 Å². The molecule has 3 rings (SSSR count). The van der Waals surface area contributed by atoms with E-state index in [2.05, 4.69) is 0 Å². The lowest BCUT2D eigenvalue weighted by Gasteiger charge is -2.26. The van der Waals surface area contributed by atoms with Crippen LogP contribution in [0.25, 0.3) is 11.1 Å². The van der Waals surface area contributed by atoms with E-state index in [1.807, 2.05) is 86.6 Å². The van der Waals surface area contributed by atoms with E-state index in [-0.39, 0.29) is 12.3 Å². The molecule has 154 valence electrons. The van der Waals surface area contributed by atoms with Crippen LogP contribution in [0, 0.1) is 0 Å². The highest BCUT2D eigenvalue weighted by molar-refractivity contribution is 6.10. The van der Waals surface area contributed by atoms with E-state index >= 15 is 0 Å². The van der Waals surface area contributed by atoms with Gasteiger partial charge < -0.3 is 10.0 Å². The van der Waals surface area contributed by atoms with Gasteiger partial charge in [-0.15, -0.1) is 0 Å². The molecule has 0 aromatic heterocycles. The van der Waals surface area contributed by atoms with Gasteiger partial charge in [0.05, 0.1) is 0 Å². The molecular weight excluding hydrogens is 374 g/mol. The summed E-state index contributed by atoms with van der Waals surface area (Å²) in [6, 6.07) is 23.4. The summed E-state index contributed by atoms with van der Waals surface area (Å²) in [5, 5.41) is 9.19. The average Bonchev–Trinajstić information content (AvgIpc) is 2.78. The number of aryl methyl sites for hydroxylation is 1. The van der Waals surface area contributed by atoms with Crippen LogP contribution in [0.3, 0.4) is 0 Å². The molecule has 0 atom stereocenters. The van der Waals surface area contributed by atoms with Gasteiger partial charge in [0.15, 0.2) is 0 Å². The van der Waals surface area contributed by atoms with Gasteiger partial charge in [0.25, 0.3) is 5.91 Å². The normalized spacial score (nSPS) is 10.6. The Bertz CT molecular complexity index is 1030. The summed E-state index contributed by atoms with van der Waals surface area (Å²) < 4.78 is 0. The lowest BCUT2D eigenvalue weighted by molar-refractivity contribution is -0.136. The maximum atomic E-state index is 13.7. The molecule has 30 heavy (non-hydrogen) atoms. The lowest BCUT2D eigenvalue weighted by atomic mass is 9.96. The number of nitrogens with zero attached hydrogens (tertiary/aromatic N) is 1. The summed E-state index contributed by atoms with van der Waals surface area (Å²) in [7, 11) is 0. The molecule has 0 unspecified atom stereocenters. The van der Waals surface area contributed by atoms with Gasteiger partial charge in [-0.1, -0.05) is 67.6 Å². The molecular formula is C26H27NO3. The number of hydrogen-bond acceptors (Lipinski definition) is 2. The first kappa shape index (κ1) is 21.3. The van der Waals surface area contributed by atoms with Crippen LogP contribution >= 0.6 is 0 Å². The van der Waals surface area contributed by atoms with Crippen molar-refractivity contribution in [2.24, 2.45) is 0 Å². The minimum absolute atomic E-state index is 0.0381. The molecule has 0 spiro atoms. The third-order valence-electron chi connectivity index (χ3n) is 5.31. The van der Waals surface area contributed by atoms with Crippen LogP contribution in [0.4, 0.5) is 5.69 Å². The Kier molecular flexibility index (Phi) is 7.02. The van der Waals surface area contributed by atoms with E-state index in [1.54, 1.807) is 4.90 Å². The molecule has 0 radical (unpaired) electrons. The van der Waals surface area contributed by atoms with Crippen molar-refractivity contribution in [1.29, 1.82) is 0 Å². The molecule has 4 heteroatoms. The zero-order valence-electron chi connectivity index (χ0n) is 17.5. The Morgan fingerprint density at radius 1 is 0.867 bits per heavy atom. The van der Waals surface area contributed by atoms with Gasteiger partial charge in [-0.2, -0.15) is 0 Å². The first-order valence-corrected chi connectivity index (χ1v) is 10.4. The van der Waals surface area contributed by atoms with Crippen LogP contribution in [-0.2, 0) is 17.6 Å². The van der Waals surface area contributed by atoms with Crippen LogP contribution in [0.15, 0.2) is 72.8 Å². The zero-order chi connectivity index (χ0) is 21.5. The molecule has 0 bridgehead atoms. The number of aliphatic carboxylic acids is 1. The number of hydrogen-bond donors (Lipinski definition) is 1. The van der Waals surface area contributed by atoms with Crippen LogP contribution < -0.4 is 4.90 Å². The quantitative estimate of drug-likeness (QED) is 0.534. The molecule has 0 saturated heterocycles. The minimum Gasteiger partial charge on any atom is -0.481 e. The molecule has 0 aliphatic carbocycles. The molecule has 3 aromatic rings. The Balaban J connectivity index is 2.06. The fraction of sp³-hybridized carbons (Fsp3) is 0.231. The summed E-state index contributed by atoms with van der Waals surface area (Å²) in [6.07, 6.45) is 1.23. The van der Waals surface area contributed by atoms with E-state index in [0.29, 0.717) is 18.5 Å². The Morgan fingerprint density at radius 3 is 2.23 bits per heavy atom. The van der Waals surface area contributed by atoms with Crippen molar-refractivity contribution in [2.75, 3.05) is 11.4 Å². The van der Waals surface area contributed by atoms with Gasteiger partial charge in [0.2, 0.25) is 0 Å². The molecule has 4 nitrogen and oxygen atoms in total. The first-order valence-electron chi connectivity index (χ1n) is 10.4. The maximum absolute atomic E-state index is 13.7. The van der Waals surface area contributed by atoms with Crippen molar-refractivity contribution in [3.05, 3.63) is 89.5 Å². The number of carboxylic acid groups (broad SMARTS) is 1. The van der Waals surface area contributed by atoms with Crippen molar-refractivity contribution in [1.82, 2.24) is 0 Å². The Morgan fingerprint density at radius 2 is 1.57 bits per heavy atom. The fourth-order valence-electron chi connectivity index (χ4n) is 3.83. The van der Waals surface area contributed by atoms with Crippen LogP contribution in [0.1, 0.15) is 41.8 Å². The second-order valence-corrected chi connectivity index (χ2v) is 7.12. The highest BCUT2D eigenvalue weighted by atomic mass is 16.4. The van der Waals surface area contributed by atoms with Gasteiger partial charge in [-0.3, -0.25) is 9.59 Å². The van der Waals surface area contributed by atoms with Gasteiger partial charge in [-0.25, -0.2) is 0 Å².